The number of aromatic nitrogens is 2. The highest BCUT2D eigenvalue weighted by atomic mass is 19.1. The van der Waals surface area contributed by atoms with Crippen LogP contribution in [-0.2, 0) is 4.79 Å². The first kappa shape index (κ1) is 22.7. The number of anilines is 1. The van der Waals surface area contributed by atoms with Gasteiger partial charge in [-0.05, 0) is 59.7 Å². The number of nitrogens with zero attached hydrogens (tertiary/aromatic N) is 2. The van der Waals surface area contributed by atoms with Crippen LogP contribution in [0.4, 0.5) is 10.2 Å². The Morgan fingerprint density at radius 1 is 0.919 bits per heavy atom. The molecule has 0 bridgehead atoms. The number of hydrogen-bond acceptors (Lipinski definition) is 3. The highest BCUT2D eigenvalue weighted by Crippen LogP contribution is 2.40. The average Bonchev–Trinajstić information content (AvgIpc) is 3.25. The Kier molecular flexibility index (Phi) is 5.53. The molecule has 37 heavy (non-hydrogen) atoms. The number of fused-ring (bicyclic) bond motifs is 2. The number of nitrogens with one attached hydrogen (secondary N) is 2. The van der Waals surface area contributed by atoms with Gasteiger partial charge in [0.15, 0.2) is 0 Å². The molecule has 182 valence electrons. The molecule has 2 N–H and O–H groups in total. The van der Waals surface area contributed by atoms with Gasteiger partial charge in [0.1, 0.15) is 17.7 Å². The van der Waals surface area contributed by atoms with E-state index in [0.717, 1.165) is 22.0 Å². The monoisotopic (exact) mass is 490 g/mol. The summed E-state index contributed by atoms with van der Waals surface area (Å²) >= 11 is 0. The molecule has 6 rings (SSSR count). The lowest BCUT2D eigenvalue weighted by molar-refractivity contribution is -0.118. The van der Waals surface area contributed by atoms with E-state index < -0.39 is 12.0 Å². The number of halogens is 1. The van der Waals surface area contributed by atoms with Crippen LogP contribution in [0.15, 0.2) is 97.1 Å². The van der Waals surface area contributed by atoms with Crippen LogP contribution in [0.25, 0.3) is 16.5 Å². The summed E-state index contributed by atoms with van der Waals surface area (Å²) in [5.74, 6) is -1.13. The molecule has 0 fully saturated rings. The number of carbonyl (C=O) groups excluding carboxylic acids is 2. The highest BCUT2D eigenvalue weighted by Gasteiger charge is 2.41. The number of aryl methyl sites for hydroxylation is 1. The normalized spacial score (nSPS) is 16.8. The molecule has 1 aromatic heterocycles. The van der Waals surface area contributed by atoms with E-state index in [0.29, 0.717) is 22.6 Å². The van der Waals surface area contributed by atoms with Gasteiger partial charge in [-0.2, -0.15) is 5.10 Å². The van der Waals surface area contributed by atoms with E-state index in [1.165, 1.54) is 12.1 Å². The smallest absolute Gasteiger partial charge is 0.251 e. The van der Waals surface area contributed by atoms with Gasteiger partial charge >= 0.3 is 0 Å². The van der Waals surface area contributed by atoms with E-state index in [4.69, 9.17) is 5.10 Å². The lowest BCUT2D eigenvalue weighted by Crippen LogP contribution is -2.50. The third kappa shape index (κ3) is 4.04. The van der Waals surface area contributed by atoms with Gasteiger partial charge in [-0.3, -0.25) is 9.59 Å². The van der Waals surface area contributed by atoms with Gasteiger partial charge < -0.3 is 10.6 Å². The van der Waals surface area contributed by atoms with Crippen LogP contribution < -0.4 is 10.6 Å². The molecule has 2 heterocycles. The van der Waals surface area contributed by atoms with Crippen molar-refractivity contribution in [1.29, 1.82) is 0 Å². The summed E-state index contributed by atoms with van der Waals surface area (Å²) in [6.07, 6.45) is 0. The zero-order valence-corrected chi connectivity index (χ0v) is 20.0. The quantitative estimate of drug-likeness (QED) is 0.356. The average molecular weight is 491 g/mol. The summed E-state index contributed by atoms with van der Waals surface area (Å²) in [5.41, 5.74) is 3.43. The molecule has 0 saturated carbocycles. The van der Waals surface area contributed by atoms with Gasteiger partial charge in [0.25, 0.3) is 5.91 Å². The summed E-state index contributed by atoms with van der Waals surface area (Å²) in [4.78, 5) is 26.9. The molecular formula is C30H23FN4O2. The number of hydrogen-bond donors (Lipinski definition) is 2. The van der Waals surface area contributed by atoms with Crippen LogP contribution in [0.1, 0.15) is 33.1 Å². The Morgan fingerprint density at radius 3 is 2.38 bits per heavy atom. The number of rotatable bonds is 4. The second-order valence-electron chi connectivity index (χ2n) is 9.13. The molecule has 0 aliphatic carbocycles. The van der Waals surface area contributed by atoms with E-state index in [2.05, 4.69) is 10.6 Å². The zero-order chi connectivity index (χ0) is 25.5. The van der Waals surface area contributed by atoms with Crippen molar-refractivity contribution in [3.8, 4) is 5.69 Å². The predicted molar refractivity (Wildman–Crippen MR) is 140 cm³/mol. The Labute approximate surface area is 212 Å². The van der Waals surface area contributed by atoms with E-state index in [1.807, 2.05) is 73.7 Å². The summed E-state index contributed by atoms with van der Waals surface area (Å²) < 4.78 is 15.5. The van der Waals surface area contributed by atoms with Crippen molar-refractivity contribution >= 4 is 28.4 Å². The Balaban J connectivity index is 1.44. The van der Waals surface area contributed by atoms with Crippen LogP contribution in [0.3, 0.4) is 0 Å². The summed E-state index contributed by atoms with van der Waals surface area (Å²) in [5, 5.41) is 12.6. The second kappa shape index (κ2) is 9.02. The summed E-state index contributed by atoms with van der Waals surface area (Å²) in [7, 11) is 0. The number of carbonyl (C=O) groups is 2. The SMILES string of the molecule is Cc1nn(-c2ccccc2)c2c1[C@H](c1ccc(F)cc1)[C@H](NC(=O)c1ccc3ccccc3c1)C(=O)N2. The first-order valence-corrected chi connectivity index (χ1v) is 12.0. The minimum absolute atomic E-state index is 0.366. The van der Waals surface area contributed by atoms with E-state index in [9.17, 15) is 14.0 Å². The van der Waals surface area contributed by atoms with Crippen molar-refractivity contribution < 1.29 is 14.0 Å². The molecule has 2 amide bonds. The first-order valence-electron chi connectivity index (χ1n) is 12.0. The fourth-order valence-electron chi connectivity index (χ4n) is 5.03. The van der Waals surface area contributed by atoms with E-state index >= 15 is 0 Å². The molecule has 4 aromatic carbocycles. The first-order chi connectivity index (χ1) is 18.0. The van der Waals surface area contributed by atoms with Crippen molar-refractivity contribution in [3.63, 3.8) is 0 Å². The minimum atomic E-state index is -0.927. The van der Waals surface area contributed by atoms with Crippen LogP contribution in [0, 0.1) is 12.7 Å². The van der Waals surface area contributed by atoms with Gasteiger partial charge in [-0.25, -0.2) is 9.07 Å². The number of para-hydroxylation sites is 1. The van der Waals surface area contributed by atoms with Gasteiger partial charge in [0.2, 0.25) is 5.91 Å². The molecule has 0 radical (unpaired) electrons. The third-order valence-electron chi connectivity index (χ3n) is 6.80. The topological polar surface area (TPSA) is 76.0 Å². The maximum absolute atomic E-state index is 13.8. The fourth-order valence-corrected chi connectivity index (χ4v) is 5.03. The zero-order valence-electron chi connectivity index (χ0n) is 20.0. The largest absolute Gasteiger partial charge is 0.339 e. The molecule has 0 spiro atoms. The minimum Gasteiger partial charge on any atom is -0.339 e. The molecule has 0 unspecified atom stereocenters. The van der Waals surface area contributed by atoms with Gasteiger partial charge in [0.05, 0.1) is 11.4 Å². The molecule has 7 heteroatoms. The Morgan fingerprint density at radius 2 is 1.62 bits per heavy atom. The van der Waals surface area contributed by atoms with E-state index in [1.54, 1.807) is 22.9 Å². The van der Waals surface area contributed by atoms with Gasteiger partial charge in [-0.15, -0.1) is 0 Å². The lowest BCUT2D eigenvalue weighted by atomic mass is 9.81. The third-order valence-corrected chi connectivity index (χ3v) is 6.80. The van der Waals surface area contributed by atoms with E-state index in [-0.39, 0.29) is 17.6 Å². The molecule has 2 atom stereocenters. The van der Waals surface area contributed by atoms with Crippen LogP contribution >= 0.6 is 0 Å². The van der Waals surface area contributed by atoms with Crippen molar-refractivity contribution in [1.82, 2.24) is 15.1 Å². The van der Waals surface area contributed by atoms with Gasteiger partial charge in [0, 0.05) is 17.0 Å². The predicted octanol–water partition coefficient (Wildman–Crippen LogP) is 5.36. The summed E-state index contributed by atoms with van der Waals surface area (Å²) in [6.45, 7) is 1.87. The standard InChI is InChI=1S/C30H23FN4O2/c1-18-25-26(20-13-15-23(31)16-14-20)27(30(37)33-28(25)35(34-18)24-9-3-2-4-10-24)32-29(36)22-12-11-19-7-5-6-8-21(19)17-22/h2-17,26-27H,1H3,(H,32,36)(H,33,37)/t26-,27-/m0/s1. The van der Waals surface area contributed by atoms with Crippen molar-refractivity contribution in [2.75, 3.05) is 5.32 Å². The molecule has 0 saturated heterocycles. The van der Waals surface area contributed by atoms with Gasteiger partial charge in [-0.1, -0.05) is 60.7 Å². The Hall–Kier alpha value is -4.78. The highest BCUT2D eigenvalue weighted by molar-refractivity contribution is 6.05. The molecule has 1 aliphatic heterocycles. The van der Waals surface area contributed by atoms with Crippen LogP contribution in [0.5, 0.6) is 0 Å². The fraction of sp³-hybridized carbons (Fsp3) is 0.100. The second-order valence-corrected chi connectivity index (χ2v) is 9.13. The van der Waals surface area contributed by atoms with Crippen molar-refractivity contribution in [2.24, 2.45) is 0 Å². The Bertz CT molecular complexity index is 1640. The van der Waals surface area contributed by atoms with Crippen molar-refractivity contribution in [3.05, 3.63) is 125 Å². The van der Waals surface area contributed by atoms with Crippen molar-refractivity contribution in [2.45, 2.75) is 18.9 Å². The molecule has 1 aliphatic rings. The lowest BCUT2D eigenvalue weighted by Gasteiger charge is -2.32. The number of amides is 2. The van der Waals surface area contributed by atoms with Crippen LogP contribution in [0.2, 0.25) is 0 Å². The maximum Gasteiger partial charge on any atom is 0.251 e. The molecular weight excluding hydrogens is 467 g/mol. The number of benzene rings is 4. The molecule has 6 nitrogen and oxygen atoms in total. The molecule has 5 aromatic rings. The maximum atomic E-state index is 13.8. The summed E-state index contributed by atoms with van der Waals surface area (Å²) in [6, 6.07) is 27.8. The van der Waals surface area contributed by atoms with Crippen LogP contribution in [-0.4, -0.2) is 27.6 Å².